The van der Waals surface area contributed by atoms with Gasteiger partial charge in [-0.25, -0.2) is 9.79 Å². The summed E-state index contributed by atoms with van der Waals surface area (Å²) < 4.78 is 11.1. The molecule has 174 valence electrons. The van der Waals surface area contributed by atoms with Crippen molar-refractivity contribution in [1.29, 1.82) is 0 Å². The van der Waals surface area contributed by atoms with Crippen LogP contribution in [0.25, 0.3) is 0 Å². The number of carbonyl (C=O) groups is 3. The number of aliphatic imine (C=N–C) groups is 1. The van der Waals surface area contributed by atoms with E-state index in [-0.39, 0.29) is 12.7 Å². The average Bonchev–Trinajstić information content (AvgIpc) is 3.52. The molecule has 0 spiro atoms. The maximum atomic E-state index is 13.4. The van der Waals surface area contributed by atoms with E-state index in [1.54, 1.807) is 7.05 Å². The number of allylic oxidation sites excluding steroid dienone is 1. The molecule has 4 aliphatic heterocycles. The average molecular weight is 453 g/mol. The quantitative estimate of drug-likeness (QED) is 0.600. The predicted molar refractivity (Wildman–Crippen MR) is 117 cm³/mol. The van der Waals surface area contributed by atoms with Crippen LogP contribution in [0.5, 0.6) is 0 Å². The Balaban J connectivity index is 1.29. The topological polar surface area (TPSA) is 95.0 Å². The minimum Gasteiger partial charge on any atom is -0.459 e. The molecule has 3 atom stereocenters. The predicted octanol–water partition coefficient (Wildman–Crippen LogP) is 1.35. The largest absolute Gasteiger partial charge is 0.459 e. The van der Waals surface area contributed by atoms with Crippen molar-refractivity contribution in [3.63, 3.8) is 0 Å². The number of hydrogen-bond donors (Lipinski definition) is 0. The maximum Gasteiger partial charge on any atom is 0.328 e. The molecule has 0 radical (unpaired) electrons. The van der Waals surface area contributed by atoms with Gasteiger partial charge in [-0.15, -0.1) is 0 Å². The number of urea groups is 1. The Hall–Kier alpha value is -3.40. The first kappa shape index (κ1) is 21.4. The summed E-state index contributed by atoms with van der Waals surface area (Å²) >= 11 is 0. The van der Waals surface area contributed by atoms with E-state index in [9.17, 15) is 14.4 Å². The van der Waals surface area contributed by atoms with Crippen LogP contribution in [0.4, 0.5) is 4.79 Å². The number of nitrogens with zero attached hydrogens (tertiary/aromatic N) is 5. The summed E-state index contributed by atoms with van der Waals surface area (Å²) in [5.74, 6) is -0.458. The lowest BCUT2D eigenvalue weighted by atomic mass is 10.1. The van der Waals surface area contributed by atoms with E-state index in [2.05, 4.69) is 0 Å². The fraction of sp³-hybridized carbons (Fsp3) is 0.478. The Kier molecular flexibility index (Phi) is 5.53. The van der Waals surface area contributed by atoms with E-state index in [0.717, 1.165) is 35.6 Å². The molecular weight excluding hydrogens is 426 g/mol. The summed E-state index contributed by atoms with van der Waals surface area (Å²) in [4.78, 5) is 49.6. The smallest absolute Gasteiger partial charge is 0.328 e. The van der Waals surface area contributed by atoms with Gasteiger partial charge in [0.15, 0.2) is 12.2 Å². The number of carbonyl (C=O) groups excluding carboxylic acids is 3. The highest BCUT2D eigenvalue weighted by Crippen LogP contribution is 2.34. The van der Waals surface area contributed by atoms with E-state index in [0.29, 0.717) is 12.5 Å². The van der Waals surface area contributed by atoms with Crippen LogP contribution in [-0.4, -0.2) is 88.5 Å². The first-order valence-corrected chi connectivity index (χ1v) is 11.2. The second-order valence-corrected chi connectivity index (χ2v) is 8.68. The number of benzene rings is 1. The number of rotatable bonds is 6. The minimum atomic E-state index is -0.714. The Bertz CT molecular complexity index is 1020. The van der Waals surface area contributed by atoms with Gasteiger partial charge < -0.3 is 24.2 Å². The molecular formula is C23H27N5O5. The third kappa shape index (κ3) is 3.84. The van der Waals surface area contributed by atoms with Crippen LogP contribution < -0.4 is 0 Å². The molecule has 1 aromatic carbocycles. The SMILES string of the molecule is CC1=CN2C(=NC3C2C(=O)N(CC(=O)OCc2ccccc2)C(=O)N3C)N1CC1CCCO1. The van der Waals surface area contributed by atoms with E-state index < -0.39 is 36.7 Å². The lowest BCUT2D eigenvalue weighted by molar-refractivity contribution is -0.151. The summed E-state index contributed by atoms with van der Waals surface area (Å²) in [5, 5.41) is 0. The lowest BCUT2D eigenvalue weighted by Gasteiger charge is -2.39. The van der Waals surface area contributed by atoms with Crippen LogP contribution in [0, 0.1) is 0 Å². The van der Waals surface area contributed by atoms with Crippen LogP contribution in [0.2, 0.25) is 0 Å². The van der Waals surface area contributed by atoms with Crippen molar-refractivity contribution in [3.05, 3.63) is 47.8 Å². The molecule has 0 saturated carbocycles. The first-order valence-electron chi connectivity index (χ1n) is 11.2. The highest BCUT2D eigenvalue weighted by Gasteiger charge is 2.54. The molecule has 0 bridgehead atoms. The number of hydrogen-bond acceptors (Lipinski definition) is 8. The van der Waals surface area contributed by atoms with Gasteiger partial charge >= 0.3 is 12.0 Å². The first-order chi connectivity index (χ1) is 15.9. The highest BCUT2D eigenvalue weighted by atomic mass is 16.5. The van der Waals surface area contributed by atoms with E-state index in [1.807, 2.05) is 53.3 Å². The molecule has 0 aromatic heterocycles. The molecule has 10 nitrogen and oxygen atoms in total. The van der Waals surface area contributed by atoms with Crippen LogP contribution in [0.1, 0.15) is 25.3 Å². The molecule has 2 fully saturated rings. The maximum absolute atomic E-state index is 13.4. The molecule has 3 amide bonds. The van der Waals surface area contributed by atoms with Crippen LogP contribution in [0.15, 0.2) is 47.2 Å². The molecule has 5 rings (SSSR count). The van der Waals surface area contributed by atoms with Gasteiger partial charge in [-0.05, 0) is 25.3 Å². The molecule has 2 saturated heterocycles. The lowest BCUT2D eigenvalue weighted by Crippen LogP contribution is -2.65. The summed E-state index contributed by atoms with van der Waals surface area (Å²) in [6.45, 7) is 3.01. The summed E-state index contributed by atoms with van der Waals surface area (Å²) in [6, 6.07) is 7.97. The molecule has 0 N–H and O–H groups in total. The number of amides is 3. The van der Waals surface area contributed by atoms with Crippen molar-refractivity contribution in [2.75, 3.05) is 26.7 Å². The molecule has 10 heteroatoms. The fourth-order valence-electron chi connectivity index (χ4n) is 4.68. The molecule has 3 unspecified atom stereocenters. The van der Waals surface area contributed by atoms with Gasteiger partial charge in [0.25, 0.3) is 5.91 Å². The van der Waals surface area contributed by atoms with Gasteiger partial charge in [0.05, 0.1) is 12.6 Å². The molecule has 33 heavy (non-hydrogen) atoms. The third-order valence-corrected chi connectivity index (χ3v) is 6.44. The fourth-order valence-corrected chi connectivity index (χ4v) is 4.68. The molecule has 1 aromatic rings. The zero-order valence-corrected chi connectivity index (χ0v) is 18.7. The Morgan fingerprint density at radius 3 is 2.73 bits per heavy atom. The third-order valence-electron chi connectivity index (χ3n) is 6.44. The summed E-state index contributed by atoms with van der Waals surface area (Å²) in [6.07, 6.45) is 3.37. The minimum absolute atomic E-state index is 0.0807. The van der Waals surface area contributed by atoms with Gasteiger partial charge in [-0.2, -0.15) is 0 Å². The number of esters is 1. The van der Waals surface area contributed by atoms with E-state index in [4.69, 9.17) is 14.5 Å². The summed E-state index contributed by atoms with van der Waals surface area (Å²) in [7, 11) is 1.60. The Morgan fingerprint density at radius 1 is 1.21 bits per heavy atom. The van der Waals surface area contributed by atoms with Gasteiger partial charge in [-0.1, -0.05) is 30.3 Å². The zero-order chi connectivity index (χ0) is 23.1. The monoisotopic (exact) mass is 453 g/mol. The van der Waals surface area contributed by atoms with Crippen molar-refractivity contribution < 1.29 is 23.9 Å². The number of fused-ring (bicyclic) bond motifs is 3. The van der Waals surface area contributed by atoms with Crippen molar-refractivity contribution in [3.8, 4) is 0 Å². The normalized spacial score (nSPS) is 26.4. The van der Waals surface area contributed by atoms with Crippen molar-refractivity contribution in [1.82, 2.24) is 19.6 Å². The van der Waals surface area contributed by atoms with Gasteiger partial charge in [-0.3, -0.25) is 14.5 Å². The van der Waals surface area contributed by atoms with E-state index >= 15 is 0 Å². The standard InChI is InChI=1S/C23H27N5O5/c1-15-11-27-19-20(24-22(27)26(15)12-17-9-6-10-32-17)25(2)23(31)28(21(19)30)13-18(29)33-14-16-7-4-3-5-8-16/h3-5,7-8,11,17,19-20H,6,9-10,12-14H2,1-2H3. The van der Waals surface area contributed by atoms with E-state index in [1.165, 1.54) is 4.90 Å². The van der Waals surface area contributed by atoms with Crippen molar-refractivity contribution in [2.24, 2.45) is 4.99 Å². The molecule has 4 aliphatic rings. The van der Waals surface area contributed by atoms with Gasteiger partial charge in [0.2, 0.25) is 5.96 Å². The number of imide groups is 1. The number of likely N-dealkylation sites (N-methyl/N-ethyl adjacent to an activating group) is 1. The highest BCUT2D eigenvalue weighted by molar-refractivity contribution is 6.06. The van der Waals surface area contributed by atoms with Crippen molar-refractivity contribution in [2.45, 2.75) is 44.7 Å². The van der Waals surface area contributed by atoms with Crippen LogP contribution in [0.3, 0.4) is 0 Å². The summed E-state index contributed by atoms with van der Waals surface area (Å²) in [5.41, 5.74) is 1.79. The molecule has 4 heterocycles. The van der Waals surface area contributed by atoms with Crippen molar-refractivity contribution >= 4 is 23.9 Å². The number of ether oxygens (including phenoxy) is 2. The van der Waals surface area contributed by atoms with Crippen LogP contribution >= 0.6 is 0 Å². The second kappa shape index (κ2) is 8.51. The van der Waals surface area contributed by atoms with Crippen LogP contribution in [-0.2, 0) is 25.7 Å². The Morgan fingerprint density at radius 2 is 2.00 bits per heavy atom. The number of guanidine groups is 1. The second-order valence-electron chi connectivity index (χ2n) is 8.68. The Labute approximate surface area is 192 Å². The van der Waals surface area contributed by atoms with Gasteiger partial charge in [0, 0.05) is 25.6 Å². The van der Waals surface area contributed by atoms with Gasteiger partial charge in [0.1, 0.15) is 13.2 Å². The zero-order valence-electron chi connectivity index (χ0n) is 18.7. The molecule has 0 aliphatic carbocycles.